The summed E-state index contributed by atoms with van der Waals surface area (Å²) in [7, 11) is 0. The molecule has 1 spiro atoms. The largest absolute Gasteiger partial charge is 0.481 e. The van der Waals surface area contributed by atoms with Crippen LogP contribution in [0.1, 0.15) is 107 Å². The first-order valence-electron chi connectivity index (χ1n) is 15.5. The van der Waals surface area contributed by atoms with Crippen LogP contribution in [0.2, 0.25) is 0 Å². The van der Waals surface area contributed by atoms with Gasteiger partial charge >= 0.3 is 12.6 Å². The maximum Gasteiger partial charge on any atom is 0.387 e. The van der Waals surface area contributed by atoms with Gasteiger partial charge in [-0.25, -0.2) is 0 Å². The fourth-order valence-electron chi connectivity index (χ4n) is 6.49. The van der Waals surface area contributed by atoms with E-state index in [1.165, 1.54) is 12.1 Å². The van der Waals surface area contributed by atoms with Crippen LogP contribution in [-0.4, -0.2) is 52.3 Å². The van der Waals surface area contributed by atoms with Gasteiger partial charge in [0, 0.05) is 17.7 Å². The normalized spacial score (nSPS) is 21.0. The minimum Gasteiger partial charge on any atom is -0.481 e. The summed E-state index contributed by atoms with van der Waals surface area (Å²) in [6.07, 6.45) is 5.67. The number of rotatable bonds is 13. The maximum absolute atomic E-state index is 14.3. The third-order valence-corrected chi connectivity index (χ3v) is 9.40. The van der Waals surface area contributed by atoms with Gasteiger partial charge in [0.1, 0.15) is 17.1 Å². The number of carboxylic acids is 1. The molecule has 4 rings (SSSR count). The van der Waals surface area contributed by atoms with Gasteiger partial charge in [-0.15, -0.1) is 0 Å². The number of carbonyl (C=O) groups excluding carboxylic acids is 2. The van der Waals surface area contributed by atoms with Crippen LogP contribution in [0.25, 0.3) is 0 Å². The highest BCUT2D eigenvalue weighted by Crippen LogP contribution is 2.50. The highest BCUT2D eigenvalue weighted by molar-refractivity contribution is 6.46. The summed E-state index contributed by atoms with van der Waals surface area (Å²) in [6.45, 7) is 5.96. The number of nitrogens with zero attached hydrogens (tertiary/aromatic N) is 2. The molecule has 1 aliphatic heterocycles. The average molecular weight is 612 g/mol. The predicted octanol–water partition coefficient (Wildman–Crippen LogP) is 6.99. The molecular weight excluding hydrogens is 568 g/mol. The number of amides is 2. The minimum absolute atomic E-state index is 0.0135. The molecule has 2 N–H and O–H groups in total. The maximum atomic E-state index is 14.3. The molecule has 1 heterocycles. The molecule has 0 bridgehead atoms. The number of hydrogen-bond donors (Lipinski definition) is 2. The zero-order valence-corrected chi connectivity index (χ0v) is 25.9. The number of benzene rings is 2. The number of carboxylic acid groups (broad SMARTS) is 1. The van der Waals surface area contributed by atoms with Crippen molar-refractivity contribution in [3.05, 3.63) is 65.2 Å². The van der Waals surface area contributed by atoms with Gasteiger partial charge in [0.2, 0.25) is 0 Å². The van der Waals surface area contributed by atoms with Gasteiger partial charge in [-0.2, -0.15) is 8.78 Å². The van der Waals surface area contributed by atoms with Gasteiger partial charge in [0.05, 0.1) is 12.5 Å². The first-order chi connectivity index (χ1) is 20.9. The van der Waals surface area contributed by atoms with Crippen LogP contribution in [0.5, 0.6) is 5.75 Å². The summed E-state index contributed by atoms with van der Waals surface area (Å²) < 4.78 is 30.0. The van der Waals surface area contributed by atoms with E-state index in [0.717, 1.165) is 31.2 Å². The molecule has 2 amide bonds. The van der Waals surface area contributed by atoms with Gasteiger partial charge in [0.15, 0.2) is 0 Å². The second kappa shape index (κ2) is 13.9. The van der Waals surface area contributed by atoms with Gasteiger partial charge < -0.3 is 20.1 Å². The Balaban J connectivity index is 1.67. The van der Waals surface area contributed by atoms with Crippen molar-refractivity contribution in [1.29, 1.82) is 0 Å². The van der Waals surface area contributed by atoms with Crippen molar-refractivity contribution in [3.63, 3.8) is 0 Å². The van der Waals surface area contributed by atoms with Crippen molar-refractivity contribution in [1.82, 2.24) is 10.2 Å². The van der Waals surface area contributed by atoms with Crippen molar-refractivity contribution >= 4 is 23.5 Å². The van der Waals surface area contributed by atoms with Crippen LogP contribution in [-0.2, 0) is 9.59 Å². The van der Waals surface area contributed by atoms with Crippen molar-refractivity contribution in [3.8, 4) is 5.75 Å². The van der Waals surface area contributed by atoms with E-state index in [2.05, 4.69) is 37.7 Å². The van der Waals surface area contributed by atoms with Crippen LogP contribution >= 0.6 is 0 Å². The number of nitrogens with one attached hydrogen (secondary N) is 1. The van der Waals surface area contributed by atoms with E-state index in [9.17, 15) is 23.2 Å². The smallest absolute Gasteiger partial charge is 0.387 e. The van der Waals surface area contributed by atoms with Crippen molar-refractivity contribution < 1.29 is 33.0 Å². The van der Waals surface area contributed by atoms with Gasteiger partial charge in [0.25, 0.3) is 11.8 Å². The van der Waals surface area contributed by atoms with Crippen molar-refractivity contribution in [2.24, 2.45) is 16.3 Å². The number of aliphatic carboxylic acids is 1. The van der Waals surface area contributed by atoms with Crippen LogP contribution < -0.4 is 10.1 Å². The van der Waals surface area contributed by atoms with Gasteiger partial charge in [-0.05, 0) is 85.4 Å². The molecule has 1 atom stereocenters. The molecule has 0 aromatic heterocycles. The Hall–Kier alpha value is -3.82. The number of halogens is 2. The Morgan fingerprint density at radius 3 is 2.27 bits per heavy atom. The molecule has 1 fully saturated rings. The second-order valence-electron chi connectivity index (χ2n) is 12.5. The number of aliphatic imine (C=N–C) groups is 1. The van der Waals surface area contributed by atoms with E-state index in [4.69, 9.17) is 10.1 Å². The molecule has 0 saturated heterocycles. The van der Waals surface area contributed by atoms with Crippen LogP contribution in [0.4, 0.5) is 8.78 Å². The monoisotopic (exact) mass is 611 g/mol. The Labute approximate surface area is 257 Å². The molecule has 2 aromatic carbocycles. The molecular formula is C34H43F2N3O5. The topological polar surface area (TPSA) is 108 Å². The van der Waals surface area contributed by atoms with Crippen molar-refractivity contribution in [2.45, 2.75) is 97.4 Å². The van der Waals surface area contributed by atoms with E-state index < -0.39 is 18.2 Å². The van der Waals surface area contributed by atoms with E-state index >= 15 is 0 Å². The van der Waals surface area contributed by atoms with Crippen LogP contribution in [0, 0.1) is 11.3 Å². The van der Waals surface area contributed by atoms with E-state index in [1.807, 2.05) is 17.0 Å². The summed E-state index contributed by atoms with van der Waals surface area (Å²) in [5, 5.41) is 11.5. The Bertz CT molecular complexity index is 1350. The third-order valence-electron chi connectivity index (χ3n) is 9.40. The quantitative estimate of drug-likeness (QED) is 0.254. The summed E-state index contributed by atoms with van der Waals surface area (Å²) in [4.78, 5) is 44.8. The second-order valence-corrected chi connectivity index (χ2v) is 12.5. The fraction of sp³-hybridized carbons (Fsp3) is 0.529. The molecule has 2 aliphatic rings. The van der Waals surface area contributed by atoms with Gasteiger partial charge in [-0.1, -0.05) is 52.7 Å². The Morgan fingerprint density at radius 2 is 1.73 bits per heavy atom. The van der Waals surface area contributed by atoms with E-state index in [1.54, 1.807) is 24.3 Å². The third kappa shape index (κ3) is 7.27. The minimum atomic E-state index is -2.94. The molecule has 0 unspecified atom stereocenters. The molecule has 44 heavy (non-hydrogen) atoms. The Morgan fingerprint density at radius 1 is 1.09 bits per heavy atom. The number of alkyl halides is 2. The summed E-state index contributed by atoms with van der Waals surface area (Å²) in [5.41, 5.74) is 1.59. The lowest BCUT2D eigenvalue weighted by molar-refractivity contribution is -0.137. The van der Waals surface area contributed by atoms with Crippen LogP contribution in [0.3, 0.4) is 0 Å². The van der Waals surface area contributed by atoms with E-state index in [-0.39, 0.29) is 42.0 Å². The van der Waals surface area contributed by atoms with Crippen molar-refractivity contribution in [2.75, 3.05) is 6.54 Å². The predicted molar refractivity (Wildman–Crippen MR) is 164 cm³/mol. The number of carbonyl (C=O) groups is 3. The molecule has 238 valence electrons. The molecule has 8 nitrogen and oxygen atoms in total. The standard InChI is InChI=1S/C34H43F2N3O5/c1-5-7-27(22-8-10-24(11-9-22)30(42)37-21-18-28(40)41)39-31(43)29(23-12-14-26(15-13-23)44-32(35)36)38-34(39)19-16-25(17-20-34)33(3,4)6-2/h8-15,25,27,32H,5-7,16-21H2,1-4H3,(H,37,42)(H,40,41)/t25?,27-,34?/m1/s1. The summed E-state index contributed by atoms with van der Waals surface area (Å²) >= 11 is 0. The lowest BCUT2D eigenvalue weighted by Crippen LogP contribution is -2.51. The highest BCUT2D eigenvalue weighted by Gasteiger charge is 2.52. The summed E-state index contributed by atoms with van der Waals surface area (Å²) in [6, 6.07) is 12.9. The summed E-state index contributed by atoms with van der Waals surface area (Å²) in [5.74, 6) is -1.03. The Kier molecular flexibility index (Phi) is 10.4. The lowest BCUT2D eigenvalue weighted by Gasteiger charge is -2.48. The molecule has 1 aliphatic carbocycles. The first kappa shape index (κ1) is 33.1. The van der Waals surface area contributed by atoms with Crippen LogP contribution in [0.15, 0.2) is 53.5 Å². The zero-order chi connectivity index (χ0) is 32.1. The highest BCUT2D eigenvalue weighted by atomic mass is 19.3. The number of hydrogen-bond acceptors (Lipinski definition) is 5. The fourth-order valence-corrected chi connectivity index (χ4v) is 6.49. The molecule has 1 saturated carbocycles. The molecule has 0 radical (unpaired) electrons. The lowest BCUT2D eigenvalue weighted by atomic mass is 9.67. The first-order valence-corrected chi connectivity index (χ1v) is 15.5. The number of ether oxygens (including phenoxy) is 1. The molecule has 2 aromatic rings. The van der Waals surface area contributed by atoms with E-state index in [0.29, 0.717) is 42.0 Å². The van der Waals surface area contributed by atoms with Gasteiger partial charge in [-0.3, -0.25) is 19.4 Å². The SMILES string of the molecule is CCC[C@H](c1ccc(C(=O)NCCC(=O)O)cc1)N1C(=O)C(c2ccc(OC(F)F)cc2)=NC12CCC(C(C)(C)CC)CC2. The molecule has 10 heteroatoms. The average Bonchev–Trinajstić information content (AvgIpc) is 3.26. The zero-order valence-electron chi connectivity index (χ0n) is 25.9.